The van der Waals surface area contributed by atoms with Crippen molar-refractivity contribution in [3.05, 3.63) is 51.1 Å². The monoisotopic (exact) mass is 364 g/mol. The van der Waals surface area contributed by atoms with Crippen LogP contribution in [0.5, 0.6) is 0 Å². The number of nitriles is 1. The molecule has 2 rings (SSSR count). The van der Waals surface area contributed by atoms with Gasteiger partial charge in [0.1, 0.15) is 11.9 Å². The molecule has 0 unspecified atom stereocenters. The highest BCUT2D eigenvalue weighted by atomic mass is 79.9. The predicted molar refractivity (Wildman–Crippen MR) is 85.6 cm³/mol. The molecule has 0 bridgehead atoms. The molecule has 0 spiro atoms. The molecular weight excluding hydrogens is 356 g/mol. The molecule has 0 aliphatic rings. The average molecular weight is 366 g/mol. The van der Waals surface area contributed by atoms with Gasteiger partial charge in [0.05, 0.1) is 16.1 Å². The molecule has 0 saturated carbocycles. The highest BCUT2D eigenvalue weighted by molar-refractivity contribution is 9.10. The second kappa shape index (κ2) is 6.57. The highest BCUT2D eigenvalue weighted by Gasteiger charge is 2.13. The maximum absolute atomic E-state index is 12.3. The quantitative estimate of drug-likeness (QED) is 0.870. The van der Waals surface area contributed by atoms with Crippen LogP contribution in [0.2, 0.25) is 5.02 Å². The zero-order valence-corrected chi connectivity index (χ0v) is 13.3. The van der Waals surface area contributed by atoms with Gasteiger partial charge in [0.25, 0.3) is 5.91 Å². The van der Waals surface area contributed by atoms with Gasteiger partial charge < -0.3 is 10.6 Å². The Labute approximate surface area is 135 Å². The smallest absolute Gasteiger partial charge is 0.259 e. The lowest BCUT2D eigenvalue weighted by molar-refractivity contribution is 0.102. The third-order valence-electron chi connectivity index (χ3n) is 2.68. The maximum Gasteiger partial charge on any atom is 0.259 e. The zero-order valence-electron chi connectivity index (χ0n) is 10.9. The number of halogens is 2. The number of amides is 1. The molecule has 0 saturated heterocycles. The van der Waals surface area contributed by atoms with E-state index in [1.54, 1.807) is 31.4 Å². The fourth-order valence-electron chi connectivity index (χ4n) is 1.69. The van der Waals surface area contributed by atoms with Crippen LogP contribution in [0.1, 0.15) is 15.9 Å². The van der Waals surface area contributed by atoms with Crippen molar-refractivity contribution in [3.8, 4) is 6.07 Å². The molecule has 0 aliphatic heterocycles. The number of nitrogens with one attached hydrogen (secondary N) is 2. The van der Waals surface area contributed by atoms with Crippen LogP contribution in [0.3, 0.4) is 0 Å². The van der Waals surface area contributed by atoms with E-state index in [2.05, 4.69) is 31.5 Å². The number of anilines is 2. The number of carbonyl (C=O) groups is 1. The number of rotatable bonds is 3. The van der Waals surface area contributed by atoms with Crippen molar-refractivity contribution < 1.29 is 4.79 Å². The fourth-order valence-corrected chi connectivity index (χ4v) is 2.25. The second-order valence-corrected chi connectivity index (χ2v) is 5.38. The van der Waals surface area contributed by atoms with Crippen molar-refractivity contribution >= 4 is 44.9 Å². The molecule has 7 heteroatoms. The summed E-state index contributed by atoms with van der Waals surface area (Å²) in [4.78, 5) is 16.4. The molecule has 106 valence electrons. The van der Waals surface area contributed by atoms with Gasteiger partial charge in [-0.25, -0.2) is 4.98 Å². The van der Waals surface area contributed by atoms with Crippen LogP contribution >= 0.6 is 27.5 Å². The summed E-state index contributed by atoms with van der Waals surface area (Å²) >= 11 is 9.22. The third-order valence-corrected chi connectivity index (χ3v) is 3.43. The van der Waals surface area contributed by atoms with Crippen molar-refractivity contribution in [3.63, 3.8) is 0 Å². The van der Waals surface area contributed by atoms with Crippen molar-refractivity contribution in [1.82, 2.24) is 4.98 Å². The summed E-state index contributed by atoms with van der Waals surface area (Å²) in [6, 6.07) is 8.33. The van der Waals surface area contributed by atoms with Crippen LogP contribution in [0.4, 0.5) is 11.5 Å². The summed E-state index contributed by atoms with van der Waals surface area (Å²) in [6.45, 7) is 0. The van der Waals surface area contributed by atoms with E-state index in [1.807, 2.05) is 6.07 Å². The van der Waals surface area contributed by atoms with Crippen LogP contribution in [0.15, 0.2) is 34.9 Å². The Balaban J connectivity index is 2.28. The first-order chi connectivity index (χ1) is 10.0. The molecule has 2 aromatic rings. The van der Waals surface area contributed by atoms with Gasteiger partial charge in [-0.05, 0) is 40.2 Å². The highest BCUT2D eigenvalue weighted by Crippen LogP contribution is 2.22. The summed E-state index contributed by atoms with van der Waals surface area (Å²) < 4.78 is 0.699. The summed E-state index contributed by atoms with van der Waals surface area (Å²) in [5.74, 6) is 0.143. The molecule has 0 fully saturated rings. The first-order valence-corrected chi connectivity index (χ1v) is 7.06. The van der Waals surface area contributed by atoms with Gasteiger partial charge in [0, 0.05) is 23.4 Å². The van der Waals surface area contributed by atoms with E-state index in [0.717, 1.165) is 0 Å². The molecule has 5 nitrogen and oxygen atoms in total. The van der Waals surface area contributed by atoms with E-state index in [4.69, 9.17) is 16.9 Å². The molecule has 1 heterocycles. The van der Waals surface area contributed by atoms with E-state index in [1.165, 1.54) is 6.07 Å². The van der Waals surface area contributed by atoms with E-state index < -0.39 is 0 Å². The van der Waals surface area contributed by atoms with Crippen LogP contribution in [0.25, 0.3) is 0 Å². The van der Waals surface area contributed by atoms with Gasteiger partial charge in [-0.2, -0.15) is 5.26 Å². The van der Waals surface area contributed by atoms with Gasteiger partial charge in [-0.15, -0.1) is 0 Å². The van der Waals surface area contributed by atoms with Crippen LogP contribution < -0.4 is 10.6 Å². The normalized spacial score (nSPS) is 9.81. The largest absolute Gasteiger partial charge is 0.372 e. The Bertz CT molecular complexity index is 742. The van der Waals surface area contributed by atoms with Gasteiger partial charge in [0.15, 0.2) is 0 Å². The summed E-state index contributed by atoms with van der Waals surface area (Å²) in [6.07, 6.45) is 1.60. The molecular formula is C14H10BrClN4O. The third kappa shape index (κ3) is 3.51. The first-order valence-electron chi connectivity index (χ1n) is 5.89. The molecule has 1 amide bonds. The standard InChI is InChI=1S/C14H10BrClN4O/c1-18-13-11(4-9(15)7-19-13)14(21)20-10-3-2-8(6-17)12(16)5-10/h2-5,7H,1H3,(H,18,19)(H,20,21). The van der Waals surface area contributed by atoms with Crippen molar-refractivity contribution in [2.75, 3.05) is 17.7 Å². The molecule has 0 atom stereocenters. The average Bonchev–Trinajstić information content (AvgIpc) is 2.47. The Hall–Kier alpha value is -2.10. The lowest BCUT2D eigenvalue weighted by atomic mass is 10.2. The lowest BCUT2D eigenvalue weighted by Gasteiger charge is -2.10. The van der Waals surface area contributed by atoms with Crippen LogP contribution in [-0.2, 0) is 0 Å². The van der Waals surface area contributed by atoms with Gasteiger partial charge in [0.2, 0.25) is 0 Å². The number of benzene rings is 1. The Kier molecular flexibility index (Phi) is 4.78. The van der Waals surface area contributed by atoms with E-state index in [-0.39, 0.29) is 10.9 Å². The molecule has 2 N–H and O–H groups in total. The maximum atomic E-state index is 12.3. The van der Waals surface area contributed by atoms with Crippen molar-refractivity contribution in [1.29, 1.82) is 5.26 Å². The zero-order chi connectivity index (χ0) is 15.4. The van der Waals surface area contributed by atoms with E-state index in [0.29, 0.717) is 27.1 Å². The fraction of sp³-hybridized carbons (Fsp3) is 0.0714. The number of pyridine rings is 1. The molecule has 0 radical (unpaired) electrons. The second-order valence-electron chi connectivity index (χ2n) is 4.06. The van der Waals surface area contributed by atoms with Crippen LogP contribution in [0, 0.1) is 11.3 Å². The minimum atomic E-state index is -0.325. The van der Waals surface area contributed by atoms with Crippen molar-refractivity contribution in [2.24, 2.45) is 0 Å². The molecule has 1 aromatic carbocycles. The SMILES string of the molecule is CNc1ncc(Br)cc1C(=O)Nc1ccc(C#N)c(Cl)c1. The molecule has 21 heavy (non-hydrogen) atoms. The number of aromatic nitrogens is 1. The number of carbonyl (C=O) groups excluding carboxylic acids is 1. The number of hydrogen-bond donors (Lipinski definition) is 2. The van der Waals surface area contributed by atoms with E-state index >= 15 is 0 Å². The topological polar surface area (TPSA) is 77.8 Å². The van der Waals surface area contributed by atoms with Gasteiger partial charge >= 0.3 is 0 Å². The van der Waals surface area contributed by atoms with E-state index in [9.17, 15) is 4.79 Å². The summed E-state index contributed by atoms with van der Waals surface area (Å²) in [7, 11) is 1.69. The Morgan fingerprint density at radius 2 is 2.19 bits per heavy atom. The summed E-state index contributed by atoms with van der Waals surface area (Å²) in [5.41, 5.74) is 1.26. The van der Waals surface area contributed by atoms with Crippen molar-refractivity contribution in [2.45, 2.75) is 0 Å². The number of hydrogen-bond acceptors (Lipinski definition) is 4. The van der Waals surface area contributed by atoms with Gasteiger partial charge in [-0.1, -0.05) is 11.6 Å². The minimum absolute atomic E-state index is 0.288. The lowest BCUT2D eigenvalue weighted by Crippen LogP contribution is -2.15. The predicted octanol–water partition coefficient (Wildman–Crippen LogP) is 3.66. The summed E-state index contributed by atoms with van der Waals surface area (Å²) in [5, 5.41) is 14.7. The Morgan fingerprint density at radius 1 is 1.43 bits per heavy atom. The molecule has 1 aromatic heterocycles. The molecule has 0 aliphatic carbocycles. The first kappa shape index (κ1) is 15.3. The number of nitrogens with zero attached hydrogens (tertiary/aromatic N) is 2. The minimum Gasteiger partial charge on any atom is -0.372 e. The van der Waals surface area contributed by atoms with Crippen LogP contribution in [-0.4, -0.2) is 17.9 Å². The Morgan fingerprint density at radius 3 is 2.81 bits per heavy atom. The van der Waals surface area contributed by atoms with Gasteiger partial charge in [-0.3, -0.25) is 4.79 Å².